The van der Waals surface area contributed by atoms with Gasteiger partial charge in [0.25, 0.3) is 0 Å². The summed E-state index contributed by atoms with van der Waals surface area (Å²) in [4.78, 5) is 11.4. The monoisotopic (exact) mass is 453 g/mol. The molecule has 0 aromatic carbocycles. The number of fused-ring (bicyclic) bond motifs is 1. The molecule has 0 radical (unpaired) electrons. The van der Waals surface area contributed by atoms with Crippen LogP contribution in [0.5, 0.6) is 0 Å². The summed E-state index contributed by atoms with van der Waals surface area (Å²) in [6.07, 6.45) is 3.84. The minimum Gasteiger partial charge on any atom is -0.348 e. The first kappa shape index (κ1) is 18.2. The van der Waals surface area contributed by atoms with Crippen molar-refractivity contribution in [2.45, 2.75) is 46.2 Å². The third kappa shape index (κ3) is 3.14. The predicted molar refractivity (Wildman–Crippen MR) is 111 cm³/mol. The van der Waals surface area contributed by atoms with E-state index in [1.807, 2.05) is 4.68 Å². The number of aromatic nitrogens is 4. The van der Waals surface area contributed by atoms with Gasteiger partial charge in [0.05, 0.1) is 25.7 Å². The van der Waals surface area contributed by atoms with Crippen LogP contribution in [-0.4, -0.2) is 26.3 Å². The number of rotatable bonds is 4. The fraction of sp³-hybridized carbons (Fsp3) is 0.500. The lowest BCUT2D eigenvalue weighted by atomic mass is 10.1. The maximum Gasteiger partial charge on any atom is 0.150 e. The van der Waals surface area contributed by atoms with Gasteiger partial charge in [-0.25, -0.2) is 9.97 Å². The molecule has 3 aromatic heterocycles. The molecule has 0 saturated carbocycles. The first-order valence-corrected chi connectivity index (χ1v) is 10.8. The third-order valence-electron chi connectivity index (χ3n) is 4.77. The molecule has 8 heteroatoms. The Hall–Kier alpha value is -1.18. The molecule has 0 N–H and O–H groups in total. The largest absolute Gasteiger partial charge is 0.348 e. The van der Waals surface area contributed by atoms with Gasteiger partial charge in [0, 0.05) is 18.7 Å². The van der Waals surface area contributed by atoms with E-state index in [2.05, 4.69) is 57.6 Å². The van der Waals surface area contributed by atoms with E-state index in [1.165, 1.54) is 0 Å². The molecule has 1 saturated heterocycles. The summed E-state index contributed by atoms with van der Waals surface area (Å²) in [5.41, 5.74) is 3.15. The van der Waals surface area contributed by atoms with Gasteiger partial charge in [0.1, 0.15) is 11.5 Å². The van der Waals surface area contributed by atoms with Crippen LogP contribution in [0.3, 0.4) is 0 Å². The highest BCUT2D eigenvalue weighted by molar-refractivity contribution is 9.11. The van der Waals surface area contributed by atoms with Crippen molar-refractivity contribution in [3.05, 3.63) is 32.6 Å². The van der Waals surface area contributed by atoms with Crippen LogP contribution in [0.4, 0.5) is 5.82 Å². The normalized spacial score (nSPS) is 17.8. The zero-order valence-electron chi connectivity index (χ0n) is 15.0. The highest BCUT2D eigenvalue weighted by atomic mass is 79.9. The molecule has 26 heavy (non-hydrogen) atoms. The quantitative estimate of drug-likeness (QED) is 0.514. The van der Waals surface area contributed by atoms with Gasteiger partial charge in [-0.1, -0.05) is 25.4 Å². The van der Waals surface area contributed by atoms with Crippen LogP contribution in [0.15, 0.2) is 16.2 Å². The molecular weight excluding hydrogens is 434 g/mol. The number of hydrogen-bond donors (Lipinski definition) is 0. The summed E-state index contributed by atoms with van der Waals surface area (Å²) in [7, 11) is 0. The van der Waals surface area contributed by atoms with Crippen LogP contribution in [-0.2, 0) is 6.54 Å². The van der Waals surface area contributed by atoms with Gasteiger partial charge in [0.15, 0.2) is 5.82 Å². The van der Waals surface area contributed by atoms with Crippen molar-refractivity contribution in [1.82, 2.24) is 19.7 Å². The summed E-state index contributed by atoms with van der Waals surface area (Å²) in [6.45, 7) is 8.23. The van der Waals surface area contributed by atoms with Crippen LogP contribution in [0, 0.1) is 12.8 Å². The van der Waals surface area contributed by atoms with E-state index in [0.717, 1.165) is 62.2 Å². The SMILES string of the molecule is Cc1nn(CC(C)C)c(Cl)c1C1CCCN1c1ncnc2cc(Br)sc12. The van der Waals surface area contributed by atoms with Crippen molar-refractivity contribution in [2.24, 2.45) is 5.92 Å². The second kappa shape index (κ2) is 7.09. The first-order valence-electron chi connectivity index (χ1n) is 8.85. The minimum absolute atomic E-state index is 0.211. The molecule has 138 valence electrons. The molecule has 1 aliphatic heterocycles. The fourth-order valence-electron chi connectivity index (χ4n) is 3.75. The summed E-state index contributed by atoms with van der Waals surface area (Å²) in [6, 6.07) is 2.26. The Bertz CT molecular complexity index is 951. The second-order valence-corrected chi connectivity index (χ2v) is 9.97. The zero-order chi connectivity index (χ0) is 18.4. The van der Waals surface area contributed by atoms with E-state index >= 15 is 0 Å². The van der Waals surface area contributed by atoms with Crippen molar-refractivity contribution in [1.29, 1.82) is 0 Å². The minimum atomic E-state index is 0.211. The van der Waals surface area contributed by atoms with E-state index < -0.39 is 0 Å². The van der Waals surface area contributed by atoms with E-state index in [-0.39, 0.29) is 6.04 Å². The first-order chi connectivity index (χ1) is 12.5. The molecule has 1 aliphatic rings. The zero-order valence-corrected chi connectivity index (χ0v) is 18.2. The summed E-state index contributed by atoms with van der Waals surface area (Å²) in [5.74, 6) is 1.50. The molecule has 0 aliphatic carbocycles. The van der Waals surface area contributed by atoms with Gasteiger partial charge >= 0.3 is 0 Å². The number of halogens is 2. The molecule has 1 unspecified atom stereocenters. The molecule has 5 nitrogen and oxygen atoms in total. The molecule has 0 amide bonds. The molecule has 0 spiro atoms. The van der Waals surface area contributed by atoms with E-state index in [0.29, 0.717) is 5.92 Å². The van der Waals surface area contributed by atoms with E-state index in [1.54, 1.807) is 17.7 Å². The summed E-state index contributed by atoms with van der Waals surface area (Å²) >= 11 is 12.0. The third-order valence-corrected chi connectivity index (χ3v) is 6.79. The lowest BCUT2D eigenvalue weighted by Gasteiger charge is -2.26. The topological polar surface area (TPSA) is 46.8 Å². The Balaban J connectivity index is 1.77. The Kier molecular flexibility index (Phi) is 4.96. The lowest BCUT2D eigenvalue weighted by molar-refractivity contribution is 0.481. The number of aryl methyl sites for hydroxylation is 1. The highest BCUT2D eigenvalue weighted by Crippen LogP contribution is 2.43. The van der Waals surface area contributed by atoms with Gasteiger partial charge in [0.2, 0.25) is 0 Å². The maximum absolute atomic E-state index is 6.77. The number of anilines is 1. The smallest absolute Gasteiger partial charge is 0.150 e. The molecular formula is C18H21BrClN5S. The van der Waals surface area contributed by atoms with Crippen LogP contribution < -0.4 is 4.90 Å². The Morgan fingerprint density at radius 2 is 2.19 bits per heavy atom. The van der Waals surface area contributed by atoms with Crippen molar-refractivity contribution < 1.29 is 0 Å². The van der Waals surface area contributed by atoms with Crippen LogP contribution >= 0.6 is 38.9 Å². The number of nitrogens with zero attached hydrogens (tertiary/aromatic N) is 5. The molecule has 1 atom stereocenters. The molecule has 4 rings (SSSR count). The molecule has 1 fully saturated rings. The Morgan fingerprint density at radius 3 is 2.96 bits per heavy atom. The fourth-order valence-corrected chi connectivity index (χ4v) is 5.67. The molecule has 4 heterocycles. The summed E-state index contributed by atoms with van der Waals surface area (Å²) < 4.78 is 4.14. The predicted octanol–water partition coefficient (Wildman–Crippen LogP) is 5.61. The standard InChI is InChI=1S/C18H21BrClN5S/c1-10(2)8-25-17(20)15(11(3)23-25)13-5-4-6-24(13)18-16-12(21-9-22-18)7-14(19)26-16/h7,9-10,13H,4-6,8H2,1-3H3. The summed E-state index contributed by atoms with van der Waals surface area (Å²) in [5, 5.41) is 5.48. The van der Waals surface area contributed by atoms with Crippen molar-refractivity contribution in [3.63, 3.8) is 0 Å². The highest BCUT2D eigenvalue weighted by Gasteiger charge is 2.33. The maximum atomic E-state index is 6.77. The van der Waals surface area contributed by atoms with Gasteiger partial charge in [-0.2, -0.15) is 5.10 Å². The van der Waals surface area contributed by atoms with Gasteiger partial charge in [-0.15, -0.1) is 11.3 Å². The van der Waals surface area contributed by atoms with Gasteiger partial charge < -0.3 is 4.90 Å². The molecule has 0 bridgehead atoms. The van der Waals surface area contributed by atoms with Gasteiger partial charge in [-0.3, -0.25) is 4.68 Å². The number of thiophene rings is 1. The van der Waals surface area contributed by atoms with Crippen LogP contribution in [0.2, 0.25) is 5.15 Å². The van der Waals surface area contributed by atoms with Crippen molar-refractivity contribution in [3.8, 4) is 0 Å². The van der Waals surface area contributed by atoms with Crippen LogP contribution in [0.1, 0.15) is 44.0 Å². The van der Waals surface area contributed by atoms with Crippen molar-refractivity contribution in [2.75, 3.05) is 11.4 Å². The lowest BCUT2D eigenvalue weighted by Crippen LogP contribution is -2.24. The van der Waals surface area contributed by atoms with E-state index in [4.69, 9.17) is 16.7 Å². The van der Waals surface area contributed by atoms with Gasteiger partial charge in [-0.05, 0) is 47.7 Å². The number of hydrogen-bond acceptors (Lipinski definition) is 5. The van der Waals surface area contributed by atoms with Crippen LogP contribution in [0.25, 0.3) is 10.2 Å². The Labute approximate surface area is 170 Å². The van der Waals surface area contributed by atoms with Crippen molar-refractivity contribution >= 4 is 54.9 Å². The second-order valence-electron chi connectivity index (χ2n) is 7.18. The van der Waals surface area contributed by atoms with E-state index in [9.17, 15) is 0 Å². The average molecular weight is 455 g/mol. The average Bonchev–Trinajstić information content (AvgIpc) is 3.24. The Morgan fingerprint density at radius 1 is 1.38 bits per heavy atom. The molecule has 3 aromatic rings.